The van der Waals surface area contributed by atoms with Crippen molar-refractivity contribution in [3.8, 4) is 40.1 Å². The molecule has 0 radical (unpaired) electrons. The molecule has 0 bridgehead atoms. The molecule has 0 saturated carbocycles. The molecule has 1 heterocycles. The van der Waals surface area contributed by atoms with Crippen LogP contribution < -0.4 is 19.6 Å². The number of benzene rings is 2. The molecule has 3 rings (SSSR count). The number of phenols is 2. The lowest BCUT2D eigenvalue weighted by Gasteiger charge is -2.28. The van der Waals surface area contributed by atoms with Gasteiger partial charge in [0.15, 0.2) is 17.3 Å². The van der Waals surface area contributed by atoms with Crippen LogP contribution in [0.5, 0.6) is 28.7 Å². The van der Waals surface area contributed by atoms with E-state index in [4.69, 9.17) is 23.4 Å². The van der Waals surface area contributed by atoms with Crippen molar-refractivity contribution in [3.63, 3.8) is 0 Å². The molecule has 0 amide bonds. The standard InChI is InChI=1S/C25H30O12/c1-4-34-18-8-14(35-25(17(31)10-26)37-20(11-27)12(2)28)9-19-21(18)22(32)24(33-3)23(36-19)13-5-6-15(29)16(30)7-13/h5-9,12,17,20,25-31H,4,10-11H2,1-3H3. The summed E-state index contributed by atoms with van der Waals surface area (Å²) in [5.41, 5.74) is -0.366. The first kappa shape index (κ1) is 28.0. The summed E-state index contributed by atoms with van der Waals surface area (Å²) in [5.74, 6) is -0.965. The number of phenolic OH excluding ortho intramolecular Hbond substituents is 2. The van der Waals surface area contributed by atoms with Crippen LogP contribution in [0.4, 0.5) is 0 Å². The number of aliphatic hydroxyl groups is 4. The molecule has 202 valence electrons. The van der Waals surface area contributed by atoms with Gasteiger partial charge in [0, 0.05) is 17.7 Å². The largest absolute Gasteiger partial charge is 0.504 e. The highest BCUT2D eigenvalue weighted by Crippen LogP contribution is 2.39. The van der Waals surface area contributed by atoms with Gasteiger partial charge in [-0.2, -0.15) is 0 Å². The number of fused-ring (bicyclic) bond motifs is 1. The maximum Gasteiger partial charge on any atom is 0.239 e. The van der Waals surface area contributed by atoms with Gasteiger partial charge in [0.2, 0.25) is 17.5 Å². The normalized spacial score (nSPS) is 14.7. The third kappa shape index (κ3) is 6.06. The summed E-state index contributed by atoms with van der Waals surface area (Å²) in [6.45, 7) is 1.89. The maximum atomic E-state index is 13.4. The fourth-order valence-electron chi connectivity index (χ4n) is 3.52. The van der Waals surface area contributed by atoms with Crippen LogP contribution in [-0.4, -0.2) is 82.2 Å². The molecule has 2 aromatic carbocycles. The molecule has 1 aromatic heterocycles. The molecule has 0 aliphatic heterocycles. The molecular weight excluding hydrogens is 492 g/mol. The van der Waals surface area contributed by atoms with Crippen molar-refractivity contribution in [1.29, 1.82) is 0 Å². The van der Waals surface area contributed by atoms with Crippen molar-refractivity contribution in [3.05, 3.63) is 40.6 Å². The number of hydrogen-bond acceptors (Lipinski definition) is 12. The molecule has 0 fully saturated rings. The monoisotopic (exact) mass is 522 g/mol. The van der Waals surface area contributed by atoms with Gasteiger partial charge >= 0.3 is 0 Å². The number of methoxy groups -OCH3 is 1. The molecular formula is C25H30O12. The van der Waals surface area contributed by atoms with Crippen LogP contribution in [0.3, 0.4) is 0 Å². The molecule has 0 saturated heterocycles. The minimum Gasteiger partial charge on any atom is -0.504 e. The van der Waals surface area contributed by atoms with Crippen LogP contribution in [-0.2, 0) is 4.74 Å². The second-order valence-electron chi connectivity index (χ2n) is 8.06. The third-order valence-corrected chi connectivity index (χ3v) is 5.41. The smallest absolute Gasteiger partial charge is 0.239 e. The Labute approximate surface area is 211 Å². The van der Waals surface area contributed by atoms with Crippen molar-refractivity contribution in [2.24, 2.45) is 0 Å². The second kappa shape index (κ2) is 12.1. The topological polar surface area (TPSA) is 189 Å². The van der Waals surface area contributed by atoms with Crippen LogP contribution in [0, 0.1) is 0 Å². The van der Waals surface area contributed by atoms with Crippen molar-refractivity contribution < 1.29 is 54.0 Å². The zero-order valence-electron chi connectivity index (χ0n) is 20.5. The lowest BCUT2D eigenvalue weighted by atomic mass is 10.1. The highest BCUT2D eigenvalue weighted by atomic mass is 16.7. The summed E-state index contributed by atoms with van der Waals surface area (Å²) in [6, 6.07) is 6.50. The maximum absolute atomic E-state index is 13.4. The van der Waals surface area contributed by atoms with E-state index in [0.717, 1.165) is 0 Å². The molecule has 4 unspecified atom stereocenters. The quantitative estimate of drug-likeness (QED) is 0.147. The molecule has 3 aromatic rings. The Bertz CT molecular complexity index is 1270. The van der Waals surface area contributed by atoms with E-state index in [1.54, 1.807) is 6.92 Å². The van der Waals surface area contributed by atoms with Gasteiger partial charge in [-0.15, -0.1) is 0 Å². The molecule has 4 atom stereocenters. The van der Waals surface area contributed by atoms with Crippen molar-refractivity contribution >= 4 is 11.0 Å². The Balaban J connectivity index is 2.18. The lowest BCUT2D eigenvalue weighted by Crippen LogP contribution is -2.43. The van der Waals surface area contributed by atoms with Crippen LogP contribution in [0.2, 0.25) is 0 Å². The molecule has 6 N–H and O–H groups in total. The Morgan fingerprint density at radius 2 is 1.76 bits per heavy atom. The molecule has 0 aliphatic rings. The predicted molar refractivity (Wildman–Crippen MR) is 130 cm³/mol. The fraction of sp³-hybridized carbons (Fsp3) is 0.400. The van der Waals surface area contributed by atoms with E-state index in [-0.39, 0.29) is 51.9 Å². The highest BCUT2D eigenvalue weighted by molar-refractivity contribution is 5.88. The van der Waals surface area contributed by atoms with Crippen molar-refractivity contribution in [1.82, 2.24) is 0 Å². The Morgan fingerprint density at radius 3 is 2.32 bits per heavy atom. The lowest BCUT2D eigenvalue weighted by molar-refractivity contribution is -0.205. The molecule has 0 aliphatic carbocycles. The number of rotatable bonds is 12. The average molecular weight is 523 g/mol. The van der Waals surface area contributed by atoms with Gasteiger partial charge in [-0.1, -0.05) is 0 Å². The summed E-state index contributed by atoms with van der Waals surface area (Å²) < 4.78 is 28.1. The van der Waals surface area contributed by atoms with Gasteiger partial charge < -0.3 is 54.0 Å². The fourth-order valence-corrected chi connectivity index (χ4v) is 3.52. The highest BCUT2D eigenvalue weighted by Gasteiger charge is 2.29. The first-order valence-electron chi connectivity index (χ1n) is 11.4. The first-order chi connectivity index (χ1) is 17.6. The van der Waals surface area contributed by atoms with Gasteiger partial charge in [-0.05, 0) is 32.0 Å². The van der Waals surface area contributed by atoms with E-state index >= 15 is 0 Å². The van der Waals surface area contributed by atoms with Gasteiger partial charge in [-0.25, -0.2) is 0 Å². The van der Waals surface area contributed by atoms with Crippen molar-refractivity contribution in [2.75, 3.05) is 26.9 Å². The van der Waals surface area contributed by atoms with E-state index in [1.165, 1.54) is 44.4 Å². The molecule has 0 spiro atoms. The van der Waals surface area contributed by atoms with E-state index in [1.807, 2.05) is 0 Å². The van der Waals surface area contributed by atoms with Gasteiger partial charge in [-0.3, -0.25) is 4.79 Å². The van der Waals surface area contributed by atoms with Crippen LogP contribution >= 0.6 is 0 Å². The minimum absolute atomic E-state index is 0.00329. The predicted octanol–water partition coefficient (Wildman–Crippen LogP) is 1.09. The van der Waals surface area contributed by atoms with E-state index in [9.17, 15) is 35.4 Å². The summed E-state index contributed by atoms with van der Waals surface area (Å²) in [5, 5.41) is 58.5. The second-order valence-corrected chi connectivity index (χ2v) is 8.06. The van der Waals surface area contributed by atoms with Crippen molar-refractivity contribution in [2.45, 2.75) is 38.4 Å². The Hall–Kier alpha value is -3.55. The zero-order valence-corrected chi connectivity index (χ0v) is 20.5. The Morgan fingerprint density at radius 1 is 1.03 bits per heavy atom. The number of ether oxygens (including phenoxy) is 4. The van der Waals surface area contributed by atoms with Gasteiger partial charge in [0.25, 0.3) is 0 Å². The molecule has 12 nitrogen and oxygen atoms in total. The third-order valence-electron chi connectivity index (χ3n) is 5.41. The van der Waals surface area contributed by atoms with Gasteiger partial charge in [0.05, 0.1) is 33.0 Å². The van der Waals surface area contributed by atoms with E-state index in [0.29, 0.717) is 0 Å². The van der Waals surface area contributed by atoms with Crippen LogP contribution in [0.1, 0.15) is 13.8 Å². The SMILES string of the molecule is CCOc1cc(OC(OC(CO)C(C)O)C(O)CO)cc2oc(-c3ccc(O)c(O)c3)c(OC)c(=O)c12. The van der Waals surface area contributed by atoms with E-state index < -0.39 is 49.0 Å². The first-order valence-corrected chi connectivity index (χ1v) is 11.4. The average Bonchev–Trinajstić information content (AvgIpc) is 2.87. The van der Waals surface area contributed by atoms with Crippen LogP contribution in [0.15, 0.2) is 39.5 Å². The Kier molecular flexibility index (Phi) is 9.18. The summed E-state index contributed by atoms with van der Waals surface area (Å²) >= 11 is 0. The summed E-state index contributed by atoms with van der Waals surface area (Å²) in [4.78, 5) is 13.4. The number of hydrogen-bond donors (Lipinski definition) is 6. The van der Waals surface area contributed by atoms with Gasteiger partial charge in [0.1, 0.15) is 34.7 Å². The summed E-state index contributed by atoms with van der Waals surface area (Å²) in [7, 11) is 1.28. The van der Waals surface area contributed by atoms with Crippen LogP contribution in [0.25, 0.3) is 22.3 Å². The zero-order chi connectivity index (χ0) is 27.3. The number of aliphatic hydroxyl groups excluding tert-OH is 4. The number of aromatic hydroxyl groups is 2. The molecule has 37 heavy (non-hydrogen) atoms. The minimum atomic E-state index is -1.56. The summed E-state index contributed by atoms with van der Waals surface area (Å²) in [6.07, 6.45) is -5.33. The van der Waals surface area contributed by atoms with E-state index in [2.05, 4.69) is 0 Å². The molecule has 12 heteroatoms.